The van der Waals surface area contributed by atoms with Crippen LogP contribution in [-0.4, -0.2) is 21.9 Å². The predicted molar refractivity (Wildman–Crippen MR) is 79.8 cm³/mol. The van der Waals surface area contributed by atoms with E-state index in [0.717, 1.165) is 12.0 Å². The lowest BCUT2D eigenvalue weighted by Crippen LogP contribution is -2.21. The van der Waals surface area contributed by atoms with Crippen molar-refractivity contribution in [2.45, 2.75) is 19.3 Å². The van der Waals surface area contributed by atoms with Gasteiger partial charge in [0.05, 0.1) is 0 Å². The molecule has 5 nitrogen and oxygen atoms in total. The summed E-state index contributed by atoms with van der Waals surface area (Å²) in [7, 11) is 0. The van der Waals surface area contributed by atoms with E-state index < -0.39 is 0 Å². The molecule has 2 aromatic rings. The maximum absolute atomic E-state index is 12.0. The monoisotopic (exact) mass is 286 g/mol. The molecule has 0 aliphatic heterocycles. The smallest absolute Gasteiger partial charge is 0.231 e. The molecule has 0 saturated carbocycles. The molecular weight excluding hydrogens is 268 g/mol. The number of rotatable bonds is 7. The van der Waals surface area contributed by atoms with Gasteiger partial charge in [0.1, 0.15) is 0 Å². The second kappa shape index (κ2) is 7.38. The molecule has 1 aromatic carbocycles. The quantitative estimate of drug-likeness (QED) is 0.580. The molecule has 5 heteroatoms. The zero-order valence-electron chi connectivity index (χ0n) is 11.7. The van der Waals surface area contributed by atoms with Crippen molar-refractivity contribution in [1.29, 1.82) is 0 Å². The summed E-state index contributed by atoms with van der Waals surface area (Å²) in [6, 6.07) is 13.4. The lowest BCUT2D eigenvalue weighted by Gasteiger charge is -2.12. The highest BCUT2D eigenvalue weighted by molar-refractivity contribution is 5.79. The first-order chi connectivity index (χ1) is 10.1. The van der Waals surface area contributed by atoms with E-state index in [0.29, 0.717) is 6.42 Å². The van der Waals surface area contributed by atoms with E-state index in [4.69, 9.17) is 0 Å². The first-order valence-electron chi connectivity index (χ1n) is 6.97. The van der Waals surface area contributed by atoms with Crippen LogP contribution < -0.4 is 0 Å². The van der Waals surface area contributed by atoms with Crippen molar-refractivity contribution in [3.8, 4) is 0 Å². The van der Waals surface area contributed by atoms with Gasteiger partial charge < -0.3 is 0 Å². The van der Waals surface area contributed by atoms with E-state index in [1.165, 1.54) is 4.57 Å². The predicted octanol–water partition coefficient (Wildman–Crippen LogP) is 3.04. The molecule has 21 heavy (non-hydrogen) atoms. The van der Waals surface area contributed by atoms with Crippen molar-refractivity contribution in [3.05, 3.63) is 70.5 Å². The summed E-state index contributed by atoms with van der Waals surface area (Å²) in [6.45, 7) is -0.167. The highest BCUT2D eigenvalue weighted by Crippen LogP contribution is 2.15. The van der Waals surface area contributed by atoms with Crippen molar-refractivity contribution >= 4 is 5.91 Å². The summed E-state index contributed by atoms with van der Waals surface area (Å²) < 4.78 is 1.48. The van der Waals surface area contributed by atoms with Gasteiger partial charge in [0.15, 0.2) is 0 Å². The third kappa shape index (κ3) is 4.87. The standard InChI is InChI=1S/C16H18N2O3/c19-16(17-10-4-5-11-17)12-15(13-18(20)21)9-8-14-6-2-1-3-7-14/h1-7,10-11,15H,8-9,12-13H2/t15-/m1/s1. The zero-order chi connectivity index (χ0) is 15.1. The number of hydrogen-bond donors (Lipinski definition) is 0. The molecule has 0 unspecified atom stereocenters. The number of nitrogens with zero attached hydrogens (tertiary/aromatic N) is 2. The van der Waals surface area contributed by atoms with Crippen molar-refractivity contribution in [2.75, 3.05) is 6.54 Å². The topological polar surface area (TPSA) is 65.1 Å². The lowest BCUT2D eigenvalue weighted by atomic mass is 9.96. The van der Waals surface area contributed by atoms with Gasteiger partial charge in [-0.15, -0.1) is 0 Å². The molecule has 0 bridgehead atoms. The molecule has 0 aliphatic rings. The fourth-order valence-electron chi connectivity index (χ4n) is 2.34. The molecule has 0 radical (unpaired) electrons. The fraction of sp³-hybridized carbons (Fsp3) is 0.312. The average molecular weight is 286 g/mol. The molecule has 0 N–H and O–H groups in total. The van der Waals surface area contributed by atoms with E-state index in [1.54, 1.807) is 24.5 Å². The van der Waals surface area contributed by atoms with Gasteiger partial charge in [-0.25, -0.2) is 0 Å². The number of benzene rings is 1. The number of aromatic nitrogens is 1. The number of carbonyl (C=O) groups excluding carboxylic acids is 1. The molecule has 1 aromatic heterocycles. The first kappa shape index (κ1) is 15.0. The molecule has 1 atom stereocenters. The lowest BCUT2D eigenvalue weighted by molar-refractivity contribution is -0.488. The Kier molecular flexibility index (Phi) is 5.26. The highest BCUT2D eigenvalue weighted by atomic mass is 16.6. The van der Waals surface area contributed by atoms with Gasteiger partial charge in [-0.3, -0.25) is 19.5 Å². The molecule has 0 amide bonds. The van der Waals surface area contributed by atoms with Crippen molar-refractivity contribution in [3.63, 3.8) is 0 Å². The van der Waals surface area contributed by atoms with Gasteiger partial charge in [-0.05, 0) is 30.5 Å². The Morgan fingerprint density at radius 1 is 1.14 bits per heavy atom. The van der Waals surface area contributed by atoms with Crippen LogP contribution in [0.4, 0.5) is 0 Å². The second-order valence-corrected chi connectivity index (χ2v) is 5.09. The molecule has 2 rings (SSSR count). The van der Waals surface area contributed by atoms with Crippen LogP contribution in [0.1, 0.15) is 23.2 Å². The Hall–Kier alpha value is -2.43. The molecule has 110 valence electrons. The van der Waals surface area contributed by atoms with E-state index in [2.05, 4.69) is 0 Å². The van der Waals surface area contributed by atoms with Crippen LogP contribution in [-0.2, 0) is 6.42 Å². The molecular formula is C16H18N2O3. The Morgan fingerprint density at radius 3 is 2.43 bits per heavy atom. The maximum atomic E-state index is 12.0. The number of nitro groups is 1. The number of hydrogen-bond acceptors (Lipinski definition) is 3. The maximum Gasteiger partial charge on any atom is 0.231 e. The van der Waals surface area contributed by atoms with Crippen LogP contribution in [0.15, 0.2) is 54.9 Å². The summed E-state index contributed by atoms with van der Waals surface area (Å²) in [5.41, 5.74) is 1.14. The Morgan fingerprint density at radius 2 is 1.81 bits per heavy atom. The molecule has 0 aliphatic carbocycles. The van der Waals surface area contributed by atoms with Crippen LogP contribution >= 0.6 is 0 Å². The highest BCUT2D eigenvalue weighted by Gasteiger charge is 2.20. The molecule has 1 heterocycles. The van der Waals surface area contributed by atoms with Crippen LogP contribution in [0.2, 0.25) is 0 Å². The summed E-state index contributed by atoms with van der Waals surface area (Å²) in [5, 5.41) is 10.8. The van der Waals surface area contributed by atoms with E-state index >= 15 is 0 Å². The Bertz CT molecular complexity index is 579. The largest absolute Gasteiger partial charge is 0.295 e. The van der Waals surface area contributed by atoms with Crippen LogP contribution in [0, 0.1) is 16.0 Å². The Balaban J connectivity index is 1.94. The van der Waals surface area contributed by atoms with Gasteiger partial charge in [0, 0.05) is 29.7 Å². The minimum Gasteiger partial charge on any atom is -0.295 e. The van der Waals surface area contributed by atoms with Crippen LogP contribution in [0.3, 0.4) is 0 Å². The summed E-state index contributed by atoms with van der Waals surface area (Å²) in [6.07, 6.45) is 4.92. The zero-order valence-corrected chi connectivity index (χ0v) is 11.7. The van der Waals surface area contributed by atoms with Gasteiger partial charge in [0.2, 0.25) is 12.5 Å². The third-order valence-electron chi connectivity index (χ3n) is 3.45. The summed E-state index contributed by atoms with van der Waals surface area (Å²) in [4.78, 5) is 22.5. The number of aryl methyl sites for hydroxylation is 1. The molecule has 0 saturated heterocycles. The summed E-state index contributed by atoms with van der Waals surface area (Å²) >= 11 is 0. The summed E-state index contributed by atoms with van der Waals surface area (Å²) in [5.74, 6) is -0.338. The van der Waals surface area contributed by atoms with Crippen molar-refractivity contribution in [1.82, 2.24) is 4.57 Å². The SMILES string of the molecule is O=C(C[C@@H](CCc1ccccc1)C[N+](=O)[O-])n1cccc1. The van der Waals surface area contributed by atoms with Gasteiger partial charge in [-0.1, -0.05) is 30.3 Å². The first-order valence-corrected chi connectivity index (χ1v) is 6.97. The van der Waals surface area contributed by atoms with Gasteiger partial charge in [-0.2, -0.15) is 0 Å². The van der Waals surface area contributed by atoms with Crippen LogP contribution in [0.5, 0.6) is 0 Å². The van der Waals surface area contributed by atoms with Gasteiger partial charge in [0.25, 0.3) is 0 Å². The minimum absolute atomic E-state index is 0.0973. The van der Waals surface area contributed by atoms with Crippen molar-refractivity contribution < 1.29 is 9.72 Å². The minimum atomic E-state index is -0.335. The van der Waals surface area contributed by atoms with E-state index in [1.807, 2.05) is 30.3 Å². The molecule has 0 spiro atoms. The second-order valence-electron chi connectivity index (χ2n) is 5.09. The van der Waals surface area contributed by atoms with E-state index in [-0.39, 0.29) is 29.7 Å². The van der Waals surface area contributed by atoms with Gasteiger partial charge >= 0.3 is 0 Å². The molecule has 0 fully saturated rings. The number of carbonyl (C=O) groups is 1. The van der Waals surface area contributed by atoms with Crippen LogP contribution in [0.25, 0.3) is 0 Å². The third-order valence-corrected chi connectivity index (χ3v) is 3.45. The fourth-order valence-corrected chi connectivity index (χ4v) is 2.34. The van der Waals surface area contributed by atoms with E-state index in [9.17, 15) is 14.9 Å². The normalized spacial score (nSPS) is 12.0. The van der Waals surface area contributed by atoms with Crippen molar-refractivity contribution in [2.24, 2.45) is 5.92 Å². The average Bonchev–Trinajstić information content (AvgIpc) is 2.99. The Labute approximate surface area is 123 Å².